The van der Waals surface area contributed by atoms with E-state index in [0.717, 1.165) is 30.9 Å². The average Bonchev–Trinajstić information content (AvgIpc) is 3.46. The van der Waals surface area contributed by atoms with Crippen molar-refractivity contribution in [3.63, 3.8) is 0 Å². The van der Waals surface area contributed by atoms with Crippen LogP contribution in [0.1, 0.15) is 41.6 Å². The molecule has 1 saturated carbocycles. The first-order valence-electron chi connectivity index (χ1n) is 9.63. The number of benzene rings is 2. The van der Waals surface area contributed by atoms with Gasteiger partial charge in [0.2, 0.25) is 0 Å². The number of carbonyl (C=O) groups excluding carboxylic acids is 1. The zero-order valence-corrected chi connectivity index (χ0v) is 15.1. The maximum absolute atomic E-state index is 12.9. The Hall–Kier alpha value is -1.93. The molecule has 1 aliphatic carbocycles. The molecule has 2 aromatic rings. The monoisotopic (exact) mass is 333 g/mol. The quantitative estimate of drug-likeness (QED) is 0.720. The number of rotatable bonds is 5. The standard InChI is InChI=1S/C23H27NO/c1-17-4-8-19(9-5-17)20-10-12-21(13-11-20)23(25)22-3-2-14-24(16-22)15-18-6-7-18/h4-5,8-13,18,22H,2-3,6-7,14-16H2,1H3. The Balaban J connectivity index is 1.43. The predicted molar refractivity (Wildman–Crippen MR) is 103 cm³/mol. The maximum atomic E-state index is 12.9. The van der Waals surface area contributed by atoms with Crippen molar-refractivity contribution in [1.29, 1.82) is 0 Å². The van der Waals surface area contributed by atoms with Crippen LogP contribution in [0.4, 0.5) is 0 Å². The molecule has 0 N–H and O–H groups in total. The Morgan fingerprint density at radius 1 is 0.960 bits per heavy atom. The van der Waals surface area contributed by atoms with Crippen LogP contribution < -0.4 is 0 Å². The molecular weight excluding hydrogens is 306 g/mol. The minimum atomic E-state index is 0.178. The second kappa shape index (κ2) is 7.13. The summed E-state index contributed by atoms with van der Waals surface area (Å²) in [6, 6.07) is 16.7. The van der Waals surface area contributed by atoms with Gasteiger partial charge in [0.1, 0.15) is 0 Å². The lowest BCUT2D eigenvalue weighted by molar-refractivity contribution is 0.0814. The van der Waals surface area contributed by atoms with Crippen molar-refractivity contribution in [3.05, 3.63) is 59.7 Å². The number of hydrogen-bond donors (Lipinski definition) is 0. The summed E-state index contributed by atoms with van der Waals surface area (Å²) in [5.41, 5.74) is 4.52. The van der Waals surface area contributed by atoms with Gasteiger partial charge in [-0.3, -0.25) is 4.79 Å². The van der Waals surface area contributed by atoms with E-state index < -0.39 is 0 Å². The van der Waals surface area contributed by atoms with E-state index in [9.17, 15) is 4.79 Å². The Kier molecular flexibility index (Phi) is 4.72. The summed E-state index contributed by atoms with van der Waals surface area (Å²) in [7, 11) is 0. The first-order valence-corrected chi connectivity index (χ1v) is 9.63. The van der Waals surface area contributed by atoms with E-state index in [1.54, 1.807) is 0 Å². The molecule has 4 rings (SSSR count). The van der Waals surface area contributed by atoms with Crippen LogP contribution in [0.15, 0.2) is 48.5 Å². The third-order valence-electron chi connectivity index (χ3n) is 5.64. The molecule has 2 fully saturated rings. The smallest absolute Gasteiger partial charge is 0.167 e. The molecular formula is C23H27NO. The number of likely N-dealkylation sites (tertiary alicyclic amines) is 1. The minimum absolute atomic E-state index is 0.178. The summed E-state index contributed by atoms with van der Waals surface area (Å²) in [6.45, 7) is 5.43. The molecule has 1 heterocycles. The average molecular weight is 333 g/mol. The Morgan fingerprint density at radius 2 is 1.60 bits per heavy atom. The largest absolute Gasteiger partial charge is 0.302 e. The number of Topliss-reactive ketones (excluding diaryl/α,β-unsaturated/α-hetero) is 1. The highest BCUT2D eigenvalue weighted by atomic mass is 16.1. The van der Waals surface area contributed by atoms with E-state index in [0.29, 0.717) is 5.78 Å². The first-order chi connectivity index (χ1) is 12.2. The maximum Gasteiger partial charge on any atom is 0.167 e. The van der Waals surface area contributed by atoms with Crippen LogP contribution in [0.3, 0.4) is 0 Å². The van der Waals surface area contributed by atoms with Gasteiger partial charge in [0, 0.05) is 24.6 Å². The first kappa shape index (κ1) is 16.5. The molecule has 0 radical (unpaired) electrons. The molecule has 25 heavy (non-hydrogen) atoms. The highest BCUT2D eigenvalue weighted by Gasteiger charge is 2.30. The van der Waals surface area contributed by atoms with Crippen LogP contribution in [0.5, 0.6) is 0 Å². The molecule has 0 amide bonds. The number of piperidine rings is 1. The van der Waals surface area contributed by atoms with E-state index >= 15 is 0 Å². The second-order valence-corrected chi connectivity index (χ2v) is 7.85. The summed E-state index contributed by atoms with van der Waals surface area (Å²) in [6.07, 6.45) is 4.97. The SMILES string of the molecule is Cc1ccc(-c2ccc(C(=O)C3CCCN(CC4CC4)C3)cc2)cc1. The van der Waals surface area contributed by atoms with Gasteiger partial charge in [0.05, 0.1) is 0 Å². The fourth-order valence-corrected chi connectivity index (χ4v) is 3.91. The fraction of sp³-hybridized carbons (Fsp3) is 0.435. The lowest BCUT2D eigenvalue weighted by Crippen LogP contribution is -2.39. The van der Waals surface area contributed by atoms with Crippen molar-refractivity contribution in [3.8, 4) is 11.1 Å². The zero-order chi connectivity index (χ0) is 17.2. The minimum Gasteiger partial charge on any atom is -0.302 e. The highest BCUT2D eigenvalue weighted by molar-refractivity contribution is 5.98. The van der Waals surface area contributed by atoms with Crippen LogP contribution in [0.2, 0.25) is 0 Å². The predicted octanol–water partition coefficient (Wildman–Crippen LogP) is 4.97. The van der Waals surface area contributed by atoms with Gasteiger partial charge in [-0.05, 0) is 56.2 Å². The van der Waals surface area contributed by atoms with Crippen molar-refractivity contribution in [2.45, 2.75) is 32.6 Å². The molecule has 2 aliphatic rings. The number of carbonyl (C=O) groups is 1. The molecule has 1 unspecified atom stereocenters. The number of ketones is 1. The normalized spacial score (nSPS) is 21.2. The zero-order valence-electron chi connectivity index (χ0n) is 15.1. The van der Waals surface area contributed by atoms with Crippen molar-refractivity contribution in [2.24, 2.45) is 11.8 Å². The van der Waals surface area contributed by atoms with Gasteiger partial charge in [-0.1, -0.05) is 54.1 Å². The third-order valence-corrected chi connectivity index (χ3v) is 5.64. The van der Waals surface area contributed by atoms with Crippen LogP contribution in [0.25, 0.3) is 11.1 Å². The molecule has 2 heteroatoms. The molecule has 0 spiro atoms. The van der Waals surface area contributed by atoms with Crippen LogP contribution in [-0.4, -0.2) is 30.3 Å². The number of nitrogens with zero attached hydrogens (tertiary/aromatic N) is 1. The van der Waals surface area contributed by atoms with E-state index in [1.165, 1.54) is 42.6 Å². The number of aryl methyl sites for hydroxylation is 1. The molecule has 0 bridgehead atoms. The molecule has 1 saturated heterocycles. The lowest BCUT2D eigenvalue weighted by Gasteiger charge is -2.32. The summed E-state index contributed by atoms with van der Waals surface area (Å²) >= 11 is 0. The molecule has 1 aliphatic heterocycles. The Bertz CT molecular complexity index is 728. The van der Waals surface area contributed by atoms with Gasteiger partial charge >= 0.3 is 0 Å². The molecule has 2 nitrogen and oxygen atoms in total. The molecule has 1 atom stereocenters. The third kappa shape index (κ3) is 4.01. The van der Waals surface area contributed by atoms with E-state index in [2.05, 4.69) is 48.2 Å². The van der Waals surface area contributed by atoms with E-state index in [4.69, 9.17) is 0 Å². The molecule has 0 aromatic heterocycles. The fourth-order valence-electron chi connectivity index (χ4n) is 3.91. The van der Waals surface area contributed by atoms with Crippen molar-refractivity contribution >= 4 is 5.78 Å². The summed E-state index contributed by atoms with van der Waals surface area (Å²) in [4.78, 5) is 15.4. The van der Waals surface area contributed by atoms with Crippen LogP contribution >= 0.6 is 0 Å². The topological polar surface area (TPSA) is 20.3 Å². The van der Waals surface area contributed by atoms with Crippen molar-refractivity contribution in [1.82, 2.24) is 4.90 Å². The van der Waals surface area contributed by atoms with Crippen molar-refractivity contribution < 1.29 is 4.79 Å². The molecule has 2 aromatic carbocycles. The van der Waals surface area contributed by atoms with Gasteiger partial charge in [0.15, 0.2) is 5.78 Å². The summed E-state index contributed by atoms with van der Waals surface area (Å²) in [5.74, 6) is 1.41. The van der Waals surface area contributed by atoms with E-state index in [1.807, 2.05) is 12.1 Å². The van der Waals surface area contributed by atoms with Crippen LogP contribution in [0, 0.1) is 18.8 Å². The summed E-state index contributed by atoms with van der Waals surface area (Å²) in [5, 5.41) is 0. The Labute approximate surface area is 150 Å². The van der Waals surface area contributed by atoms with Crippen molar-refractivity contribution in [2.75, 3.05) is 19.6 Å². The van der Waals surface area contributed by atoms with Gasteiger partial charge < -0.3 is 4.90 Å². The second-order valence-electron chi connectivity index (χ2n) is 7.85. The van der Waals surface area contributed by atoms with Gasteiger partial charge in [-0.2, -0.15) is 0 Å². The van der Waals surface area contributed by atoms with E-state index in [-0.39, 0.29) is 5.92 Å². The Morgan fingerprint density at radius 3 is 2.24 bits per heavy atom. The summed E-state index contributed by atoms with van der Waals surface area (Å²) < 4.78 is 0. The van der Waals surface area contributed by atoms with Gasteiger partial charge in [-0.25, -0.2) is 0 Å². The van der Waals surface area contributed by atoms with Crippen LogP contribution in [-0.2, 0) is 0 Å². The van der Waals surface area contributed by atoms with Gasteiger partial charge in [0.25, 0.3) is 0 Å². The highest BCUT2D eigenvalue weighted by Crippen LogP contribution is 2.32. The molecule has 130 valence electrons. The van der Waals surface area contributed by atoms with Gasteiger partial charge in [-0.15, -0.1) is 0 Å². The lowest BCUT2D eigenvalue weighted by atomic mass is 9.89. The number of hydrogen-bond acceptors (Lipinski definition) is 2.